The highest BCUT2D eigenvalue weighted by atomic mass is 16.5. The third kappa shape index (κ3) is 7.48. The van der Waals surface area contributed by atoms with E-state index in [1.54, 1.807) is 0 Å². The Bertz CT molecular complexity index is 500. The van der Waals surface area contributed by atoms with Gasteiger partial charge in [0.05, 0.1) is 12.5 Å². The molecule has 1 unspecified atom stereocenters. The molecule has 3 N–H and O–H groups in total. The molecule has 0 spiro atoms. The Morgan fingerprint density at radius 3 is 1.54 bits per heavy atom. The number of aliphatic carboxylic acids is 3. The van der Waals surface area contributed by atoms with Crippen molar-refractivity contribution in [1.82, 2.24) is 0 Å². The Morgan fingerprint density at radius 1 is 0.750 bits per heavy atom. The van der Waals surface area contributed by atoms with Crippen molar-refractivity contribution in [3.05, 3.63) is 0 Å². The van der Waals surface area contributed by atoms with Gasteiger partial charge in [0, 0.05) is 0 Å². The standard InChI is InChI=1S/C20H34O8/c1-3-5-6-7-8-9-10-11-12-13-14-28-19(27)20(17(23)24,18(25)26)15(4-2)16(21)22/h15H,3-14H2,1-2H3,(H,21,22)(H,23,24)(H,25,26). The predicted octanol–water partition coefficient (Wildman–Crippen LogP) is 3.72. The highest BCUT2D eigenvalue weighted by Crippen LogP contribution is 2.34. The van der Waals surface area contributed by atoms with Crippen molar-refractivity contribution in [2.45, 2.75) is 84.5 Å². The van der Waals surface area contributed by atoms with Gasteiger partial charge < -0.3 is 20.1 Å². The summed E-state index contributed by atoms with van der Waals surface area (Å²) in [5, 5.41) is 27.9. The van der Waals surface area contributed by atoms with Crippen LogP contribution in [0.5, 0.6) is 0 Å². The third-order valence-corrected chi connectivity index (χ3v) is 4.96. The van der Waals surface area contributed by atoms with E-state index in [-0.39, 0.29) is 13.0 Å². The number of rotatable bonds is 17. The summed E-state index contributed by atoms with van der Waals surface area (Å²) < 4.78 is 4.87. The van der Waals surface area contributed by atoms with Crippen LogP contribution in [0.3, 0.4) is 0 Å². The minimum absolute atomic E-state index is 0.131. The third-order valence-electron chi connectivity index (χ3n) is 4.96. The van der Waals surface area contributed by atoms with Crippen LogP contribution in [-0.4, -0.2) is 45.8 Å². The lowest BCUT2D eigenvalue weighted by Crippen LogP contribution is -2.55. The van der Waals surface area contributed by atoms with Gasteiger partial charge in [-0.3, -0.25) is 19.2 Å². The fourth-order valence-electron chi connectivity index (χ4n) is 3.24. The zero-order chi connectivity index (χ0) is 21.6. The van der Waals surface area contributed by atoms with Crippen LogP contribution < -0.4 is 0 Å². The molecule has 28 heavy (non-hydrogen) atoms. The molecule has 162 valence electrons. The minimum Gasteiger partial charge on any atom is -0.481 e. The van der Waals surface area contributed by atoms with Gasteiger partial charge >= 0.3 is 23.9 Å². The molecule has 0 aliphatic heterocycles. The lowest BCUT2D eigenvalue weighted by Gasteiger charge is -2.27. The Balaban J connectivity index is 4.46. The van der Waals surface area contributed by atoms with Crippen molar-refractivity contribution in [2.24, 2.45) is 11.3 Å². The Morgan fingerprint density at radius 2 is 1.18 bits per heavy atom. The van der Waals surface area contributed by atoms with Crippen LogP contribution in [0.1, 0.15) is 84.5 Å². The molecule has 8 nitrogen and oxygen atoms in total. The summed E-state index contributed by atoms with van der Waals surface area (Å²) in [7, 11) is 0. The van der Waals surface area contributed by atoms with E-state index in [9.17, 15) is 34.5 Å². The van der Waals surface area contributed by atoms with Gasteiger partial charge in [-0.1, -0.05) is 71.6 Å². The molecule has 0 radical (unpaired) electrons. The molecule has 1 atom stereocenters. The second-order valence-corrected chi connectivity index (χ2v) is 7.04. The zero-order valence-corrected chi connectivity index (χ0v) is 16.9. The Labute approximate surface area is 166 Å². The fraction of sp³-hybridized carbons (Fsp3) is 0.800. The number of hydrogen-bond acceptors (Lipinski definition) is 5. The number of unbranched alkanes of at least 4 members (excludes halogenated alkanes) is 9. The normalized spacial score (nSPS) is 12.4. The largest absolute Gasteiger partial charge is 0.481 e. The van der Waals surface area contributed by atoms with Gasteiger partial charge in [0.2, 0.25) is 0 Å². The van der Waals surface area contributed by atoms with Gasteiger partial charge in [0.15, 0.2) is 0 Å². The van der Waals surface area contributed by atoms with Crippen molar-refractivity contribution >= 4 is 23.9 Å². The van der Waals surface area contributed by atoms with Crippen molar-refractivity contribution < 1.29 is 39.2 Å². The van der Waals surface area contributed by atoms with E-state index < -0.39 is 35.2 Å². The van der Waals surface area contributed by atoms with E-state index in [1.165, 1.54) is 39.0 Å². The molecule has 0 rings (SSSR count). The molecule has 0 fully saturated rings. The quantitative estimate of drug-likeness (QED) is 0.190. The highest BCUT2D eigenvalue weighted by Gasteiger charge is 2.63. The first-order valence-corrected chi connectivity index (χ1v) is 10.1. The molecule has 0 bridgehead atoms. The summed E-state index contributed by atoms with van der Waals surface area (Å²) in [5.74, 6) is -9.16. The Hall–Kier alpha value is -2.12. The first kappa shape index (κ1) is 25.9. The van der Waals surface area contributed by atoms with E-state index in [0.29, 0.717) is 6.42 Å². The maximum absolute atomic E-state index is 12.3. The second kappa shape index (κ2) is 14.0. The average Bonchev–Trinajstić information content (AvgIpc) is 2.62. The van der Waals surface area contributed by atoms with Gasteiger partial charge in [0.1, 0.15) is 0 Å². The molecule has 0 aliphatic rings. The van der Waals surface area contributed by atoms with Gasteiger partial charge in [-0.15, -0.1) is 0 Å². The zero-order valence-electron chi connectivity index (χ0n) is 16.9. The summed E-state index contributed by atoms with van der Waals surface area (Å²) in [6.07, 6.45) is 10.2. The molecule has 0 aromatic rings. The van der Waals surface area contributed by atoms with E-state index in [1.807, 2.05) is 0 Å². The van der Waals surface area contributed by atoms with Gasteiger partial charge in [-0.2, -0.15) is 0 Å². The number of hydrogen-bond donors (Lipinski definition) is 3. The maximum Gasteiger partial charge on any atom is 0.336 e. The molecule has 0 aromatic carbocycles. The lowest BCUT2D eigenvalue weighted by molar-refractivity contribution is -0.188. The SMILES string of the molecule is CCCCCCCCCCCCOC(=O)C(C(=O)O)(C(=O)O)C(CC)C(=O)O. The summed E-state index contributed by atoms with van der Waals surface area (Å²) in [4.78, 5) is 46.7. The molecule has 0 heterocycles. The smallest absolute Gasteiger partial charge is 0.336 e. The van der Waals surface area contributed by atoms with Crippen molar-refractivity contribution in [3.8, 4) is 0 Å². The average molecular weight is 402 g/mol. The number of esters is 1. The number of carboxylic acids is 3. The fourth-order valence-corrected chi connectivity index (χ4v) is 3.24. The second-order valence-electron chi connectivity index (χ2n) is 7.04. The van der Waals surface area contributed by atoms with E-state index in [2.05, 4.69) is 6.92 Å². The predicted molar refractivity (Wildman–Crippen MR) is 102 cm³/mol. The first-order chi connectivity index (χ1) is 13.3. The number of carbonyl (C=O) groups excluding carboxylic acids is 1. The van der Waals surface area contributed by atoms with Gasteiger partial charge in [0.25, 0.3) is 5.41 Å². The molecule has 0 amide bonds. The van der Waals surface area contributed by atoms with Crippen LogP contribution in [0.2, 0.25) is 0 Å². The van der Waals surface area contributed by atoms with Crippen LogP contribution in [0.4, 0.5) is 0 Å². The van der Waals surface area contributed by atoms with Crippen LogP contribution in [0, 0.1) is 11.3 Å². The van der Waals surface area contributed by atoms with Crippen LogP contribution in [0.25, 0.3) is 0 Å². The van der Waals surface area contributed by atoms with Crippen molar-refractivity contribution in [1.29, 1.82) is 0 Å². The first-order valence-electron chi connectivity index (χ1n) is 10.1. The maximum atomic E-state index is 12.3. The van der Waals surface area contributed by atoms with E-state index in [0.717, 1.165) is 25.7 Å². The highest BCUT2D eigenvalue weighted by molar-refractivity contribution is 6.19. The summed E-state index contributed by atoms with van der Waals surface area (Å²) in [6.45, 7) is 3.36. The van der Waals surface area contributed by atoms with E-state index in [4.69, 9.17) is 4.74 Å². The summed E-state index contributed by atoms with van der Waals surface area (Å²) >= 11 is 0. The van der Waals surface area contributed by atoms with Crippen LogP contribution in [-0.2, 0) is 23.9 Å². The molecular weight excluding hydrogens is 368 g/mol. The molecule has 0 saturated heterocycles. The Kier molecular flexibility index (Phi) is 12.9. The van der Waals surface area contributed by atoms with Gasteiger partial charge in [-0.25, -0.2) is 0 Å². The molecule has 0 saturated carbocycles. The lowest BCUT2D eigenvalue weighted by atomic mass is 9.73. The summed E-state index contributed by atoms with van der Waals surface area (Å²) in [5.41, 5.74) is -3.14. The molecule has 8 heteroatoms. The topological polar surface area (TPSA) is 138 Å². The molecule has 0 aromatic heterocycles. The minimum atomic E-state index is -3.14. The molecule has 0 aliphatic carbocycles. The van der Waals surface area contributed by atoms with Gasteiger partial charge in [-0.05, 0) is 12.8 Å². The van der Waals surface area contributed by atoms with Crippen molar-refractivity contribution in [3.63, 3.8) is 0 Å². The summed E-state index contributed by atoms with van der Waals surface area (Å²) in [6, 6.07) is 0. The monoisotopic (exact) mass is 402 g/mol. The number of ether oxygens (including phenoxy) is 1. The number of carboxylic acid groups (broad SMARTS) is 3. The van der Waals surface area contributed by atoms with Crippen LogP contribution >= 0.6 is 0 Å². The number of carbonyl (C=O) groups is 4. The van der Waals surface area contributed by atoms with E-state index >= 15 is 0 Å². The van der Waals surface area contributed by atoms with Crippen LogP contribution in [0.15, 0.2) is 0 Å². The van der Waals surface area contributed by atoms with Crippen molar-refractivity contribution in [2.75, 3.05) is 6.61 Å². The molecular formula is C20H34O8.